The minimum atomic E-state index is -0.897. The minimum Gasteiger partial charge on any atom is -0.467 e. The van der Waals surface area contributed by atoms with Crippen LogP contribution in [0.15, 0.2) is 48.5 Å². The summed E-state index contributed by atoms with van der Waals surface area (Å²) in [6.45, 7) is 1.39. The van der Waals surface area contributed by atoms with E-state index in [1.165, 1.54) is 14.0 Å². The van der Waals surface area contributed by atoms with Gasteiger partial charge in [0.1, 0.15) is 6.04 Å². The van der Waals surface area contributed by atoms with Crippen molar-refractivity contribution in [2.75, 3.05) is 12.4 Å². The van der Waals surface area contributed by atoms with Crippen LogP contribution in [0.1, 0.15) is 28.4 Å². The molecule has 0 heterocycles. The molecular weight excluding hydrogens is 346 g/mol. The zero-order valence-corrected chi connectivity index (χ0v) is 15.0. The second kappa shape index (κ2) is 9.15. The number of nitrogens with zero attached hydrogens (tertiary/aromatic N) is 1. The summed E-state index contributed by atoms with van der Waals surface area (Å²) in [5.74, 6) is -1.24. The van der Waals surface area contributed by atoms with Crippen LogP contribution in [-0.4, -0.2) is 30.9 Å². The molecule has 0 aliphatic rings. The van der Waals surface area contributed by atoms with Crippen LogP contribution in [0.25, 0.3) is 0 Å². The summed E-state index contributed by atoms with van der Waals surface area (Å²) < 4.78 is 4.77. The lowest BCUT2D eigenvalue weighted by Gasteiger charge is -2.17. The number of hydrogen-bond acceptors (Lipinski definition) is 5. The molecule has 0 saturated carbocycles. The second-order valence-electron chi connectivity index (χ2n) is 5.82. The molecule has 0 radical (unpaired) electrons. The third-order valence-corrected chi connectivity index (χ3v) is 3.75. The van der Waals surface area contributed by atoms with E-state index >= 15 is 0 Å². The summed E-state index contributed by atoms with van der Waals surface area (Å²) in [5, 5.41) is 14.2. The van der Waals surface area contributed by atoms with E-state index in [9.17, 15) is 14.4 Å². The van der Waals surface area contributed by atoms with Gasteiger partial charge in [-0.15, -0.1) is 0 Å². The van der Waals surface area contributed by atoms with Gasteiger partial charge < -0.3 is 15.4 Å². The van der Waals surface area contributed by atoms with E-state index < -0.39 is 17.9 Å². The van der Waals surface area contributed by atoms with Gasteiger partial charge in [-0.2, -0.15) is 5.26 Å². The Morgan fingerprint density at radius 3 is 2.44 bits per heavy atom. The molecule has 2 aromatic rings. The number of nitriles is 1. The molecule has 2 amide bonds. The molecule has 2 rings (SSSR count). The molecule has 7 heteroatoms. The standard InChI is InChI=1S/C20H19N3O4/c1-13(24)22-17-8-6-16(7-9-17)19(25)23-18(20(26)27-2)11-14-4-3-5-15(10-14)12-21/h3-10,18H,11H2,1-2H3,(H,22,24)(H,23,25)/t18-/m1/s1. The van der Waals surface area contributed by atoms with E-state index in [0.29, 0.717) is 16.8 Å². The van der Waals surface area contributed by atoms with Gasteiger partial charge in [0.15, 0.2) is 0 Å². The van der Waals surface area contributed by atoms with Crippen molar-refractivity contribution >= 4 is 23.5 Å². The van der Waals surface area contributed by atoms with Gasteiger partial charge >= 0.3 is 5.97 Å². The van der Waals surface area contributed by atoms with E-state index in [0.717, 1.165) is 5.56 Å². The van der Waals surface area contributed by atoms with Gasteiger partial charge in [0.05, 0.1) is 18.7 Å². The molecule has 2 N–H and O–H groups in total. The molecule has 0 aliphatic carbocycles. The van der Waals surface area contributed by atoms with Crippen molar-refractivity contribution in [3.8, 4) is 6.07 Å². The van der Waals surface area contributed by atoms with Crippen molar-refractivity contribution in [3.05, 3.63) is 65.2 Å². The molecule has 1 atom stereocenters. The van der Waals surface area contributed by atoms with Gasteiger partial charge in [-0.1, -0.05) is 12.1 Å². The number of methoxy groups -OCH3 is 1. The van der Waals surface area contributed by atoms with E-state index in [4.69, 9.17) is 10.00 Å². The van der Waals surface area contributed by atoms with Gasteiger partial charge in [-0.25, -0.2) is 4.79 Å². The number of ether oxygens (including phenoxy) is 1. The number of benzene rings is 2. The molecule has 0 fully saturated rings. The summed E-state index contributed by atoms with van der Waals surface area (Å²) in [4.78, 5) is 35.6. The van der Waals surface area contributed by atoms with Crippen LogP contribution < -0.4 is 10.6 Å². The van der Waals surface area contributed by atoms with Gasteiger partial charge in [0, 0.05) is 24.6 Å². The molecule has 0 spiro atoms. The zero-order chi connectivity index (χ0) is 19.8. The molecule has 138 valence electrons. The van der Waals surface area contributed by atoms with Crippen LogP contribution >= 0.6 is 0 Å². The summed E-state index contributed by atoms with van der Waals surface area (Å²) >= 11 is 0. The van der Waals surface area contributed by atoms with Crippen molar-refractivity contribution in [2.24, 2.45) is 0 Å². The molecule has 0 bridgehead atoms. The highest BCUT2D eigenvalue weighted by Crippen LogP contribution is 2.12. The molecule has 0 unspecified atom stereocenters. The largest absolute Gasteiger partial charge is 0.467 e. The monoisotopic (exact) mass is 365 g/mol. The maximum atomic E-state index is 12.5. The fourth-order valence-electron chi connectivity index (χ4n) is 2.49. The third-order valence-electron chi connectivity index (χ3n) is 3.75. The molecule has 7 nitrogen and oxygen atoms in total. The fraction of sp³-hybridized carbons (Fsp3) is 0.200. The average molecular weight is 365 g/mol. The van der Waals surface area contributed by atoms with Crippen molar-refractivity contribution < 1.29 is 19.1 Å². The average Bonchev–Trinajstić information content (AvgIpc) is 2.67. The first-order valence-electron chi connectivity index (χ1n) is 8.18. The van der Waals surface area contributed by atoms with Crippen LogP contribution in [0.2, 0.25) is 0 Å². The number of carbonyl (C=O) groups excluding carboxylic acids is 3. The van der Waals surface area contributed by atoms with Crippen molar-refractivity contribution in [1.82, 2.24) is 5.32 Å². The summed E-state index contributed by atoms with van der Waals surface area (Å²) in [5.41, 5.74) is 2.10. The molecule has 0 aliphatic heterocycles. The van der Waals surface area contributed by atoms with Gasteiger partial charge in [-0.3, -0.25) is 9.59 Å². The normalized spacial score (nSPS) is 11.0. The van der Waals surface area contributed by atoms with E-state index in [-0.39, 0.29) is 12.3 Å². The number of carbonyl (C=O) groups is 3. The first kappa shape index (κ1) is 19.7. The van der Waals surface area contributed by atoms with Gasteiger partial charge in [0.25, 0.3) is 5.91 Å². The summed E-state index contributed by atoms with van der Waals surface area (Å²) in [6.07, 6.45) is 0.192. The van der Waals surface area contributed by atoms with E-state index in [2.05, 4.69) is 10.6 Å². The predicted octanol–water partition coefficient (Wildman–Crippen LogP) is 2.03. The number of amides is 2. The lowest BCUT2D eigenvalue weighted by atomic mass is 10.0. The predicted molar refractivity (Wildman–Crippen MR) is 98.9 cm³/mol. The Balaban J connectivity index is 2.13. The van der Waals surface area contributed by atoms with E-state index in [1.807, 2.05) is 6.07 Å². The van der Waals surface area contributed by atoms with Crippen LogP contribution in [0.3, 0.4) is 0 Å². The Hall–Kier alpha value is -3.66. The smallest absolute Gasteiger partial charge is 0.328 e. The lowest BCUT2D eigenvalue weighted by molar-refractivity contribution is -0.142. The first-order valence-corrected chi connectivity index (χ1v) is 8.18. The highest BCUT2D eigenvalue weighted by molar-refractivity contribution is 5.97. The topological polar surface area (TPSA) is 108 Å². The van der Waals surface area contributed by atoms with E-state index in [1.54, 1.807) is 48.5 Å². The lowest BCUT2D eigenvalue weighted by Crippen LogP contribution is -2.43. The number of rotatable bonds is 6. The highest BCUT2D eigenvalue weighted by Gasteiger charge is 2.22. The van der Waals surface area contributed by atoms with Crippen molar-refractivity contribution in [2.45, 2.75) is 19.4 Å². The highest BCUT2D eigenvalue weighted by atomic mass is 16.5. The molecule has 27 heavy (non-hydrogen) atoms. The molecule has 0 aromatic heterocycles. The Kier molecular flexibility index (Phi) is 6.67. The van der Waals surface area contributed by atoms with Crippen LogP contribution in [-0.2, 0) is 20.7 Å². The number of nitrogens with one attached hydrogen (secondary N) is 2. The number of esters is 1. The SMILES string of the molecule is COC(=O)[C@@H](Cc1cccc(C#N)c1)NC(=O)c1ccc(NC(C)=O)cc1. The quantitative estimate of drug-likeness (QED) is 0.762. The first-order chi connectivity index (χ1) is 12.9. The van der Waals surface area contributed by atoms with Crippen LogP contribution in [0.5, 0.6) is 0 Å². The maximum Gasteiger partial charge on any atom is 0.328 e. The molecule has 2 aromatic carbocycles. The molecular formula is C20H19N3O4. The molecule has 0 saturated heterocycles. The van der Waals surface area contributed by atoms with Gasteiger partial charge in [-0.05, 0) is 42.0 Å². The Bertz CT molecular complexity index is 885. The maximum absolute atomic E-state index is 12.5. The number of anilines is 1. The summed E-state index contributed by atoms with van der Waals surface area (Å²) in [6, 6.07) is 14.2. The van der Waals surface area contributed by atoms with Crippen molar-refractivity contribution in [3.63, 3.8) is 0 Å². The van der Waals surface area contributed by atoms with Crippen LogP contribution in [0, 0.1) is 11.3 Å². The Morgan fingerprint density at radius 2 is 1.85 bits per heavy atom. The Morgan fingerprint density at radius 1 is 1.15 bits per heavy atom. The minimum absolute atomic E-state index is 0.192. The number of hydrogen-bond donors (Lipinski definition) is 2. The zero-order valence-electron chi connectivity index (χ0n) is 15.0. The fourth-order valence-corrected chi connectivity index (χ4v) is 2.49. The third kappa shape index (κ3) is 5.68. The second-order valence-corrected chi connectivity index (χ2v) is 5.82. The van der Waals surface area contributed by atoms with Crippen LogP contribution in [0.4, 0.5) is 5.69 Å². The Labute approximate surface area is 156 Å². The summed E-state index contributed by atoms with van der Waals surface area (Å²) in [7, 11) is 1.25. The van der Waals surface area contributed by atoms with Crippen molar-refractivity contribution in [1.29, 1.82) is 5.26 Å². The van der Waals surface area contributed by atoms with Gasteiger partial charge in [0.2, 0.25) is 5.91 Å².